The summed E-state index contributed by atoms with van der Waals surface area (Å²) in [6.45, 7) is 0. The predicted octanol–water partition coefficient (Wildman–Crippen LogP) is 4.24. The molecule has 0 atom stereocenters. The lowest BCUT2D eigenvalue weighted by atomic mass is 10.1. The Hall–Kier alpha value is -2.99. The van der Waals surface area contributed by atoms with Gasteiger partial charge in [-0.3, -0.25) is 4.79 Å². The van der Waals surface area contributed by atoms with E-state index in [-0.39, 0.29) is 5.91 Å². The molecule has 5 nitrogen and oxygen atoms in total. The zero-order valence-corrected chi connectivity index (χ0v) is 14.6. The smallest absolute Gasteiger partial charge is 0.292 e. The summed E-state index contributed by atoms with van der Waals surface area (Å²) in [5.41, 5.74) is 5.42. The van der Waals surface area contributed by atoms with E-state index in [9.17, 15) is 4.79 Å². The molecular weight excluding hydrogens is 380 g/mol. The van der Waals surface area contributed by atoms with Gasteiger partial charge in [0.05, 0.1) is 11.7 Å². The number of benzene rings is 2. The summed E-state index contributed by atoms with van der Waals surface area (Å²) in [7, 11) is 0. The molecule has 0 aliphatic heterocycles. The van der Waals surface area contributed by atoms with Gasteiger partial charge >= 0.3 is 0 Å². The highest BCUT2D eigenvalue weighted by Crippen LogP contribution is 2.26. The van der Waals surface area contributed by atoms with E-state index in [0.717, 1.165) is 26.3 Å². The molecule has 2 aromatic heterocycles. The van der Waals surface area contributed by atoms with E-state index in [1.54, 1.807) is 12.4 Å². The summed E-state index contributed by atoms with van der Waals surface area (Å²) in [6, 6.07) is 17.4. The van der Waals surface area contributed by atoms with Gasteiger partial charge in [0.15, 0.2) is 5.69 Å². The molecule has 1 amide bonds. The quantitative estimate of drug-likeness (QED) is 0.404. The van der Waals surface area contributed by atoms with Crippen molar-refractivity contribution in [3.05, 3.63) is 76.5 Å². The molecule has 2 heterocycles. The fourth-order valence-electron chi connectivity index (χ4n) is 2.71. The Labute approximate surface area is 151 Å². The summed E-state index contributed by atoms with van der Waals surface area (Å²) in [5, 5.41) is 6.04. The molecule has 2 N–H and O–H groups in total. The summed E-state index contributed by atoms with van der Waals surface area (Å²) in [4.78, 5) is 19.9. The van der Waals surface area contributed by atoms with Crippen LogP contribution in [0.1, 0.15) is 16.1 Å². The van der Waals surface area contributed by atoms with Crippen LogP contribution in [0.5, 0.6) is 0 Å². The molecule has 6 heteroatoms. The van der Waals surface area contributed by atoms with Gasteiger partial charge in [-0.25, -0.2) is 10.4 Å². The van der Waals surface area contributed by atoms with Crippen molar-refractivity contribution in [2.45, 2.75) is 0 Å². The molecule has 0 aliphatic rings. The summed E-state index contributed by atoms with van der Waals surface area (Å²) < 4.78 is 0.989. The molecule has 0 saturated carbocycles. The lowest BCUT2D eigenvalue weighted by Gasteiger charge is -2.01. The van der Waals surface area contributed by atoms with Gasteiger partial charge in [0.25, 0.3) is 5.91 Å². The maximum atomic E-state index is 12.5. The molecule has 0 fully saturated rings. The SMILES string of the molecule is O=C(NN=Cc1ccc(Br)cc1)c1nccc2c1[nH]c1ccccc12. The molecule has 4 rings (SSSR count). The second kappa shape index (κ2) is 6.49. The third kappa shape index (κ3) is 3.04. The van der Waals surface area contributed by atoms with Gasteiger partial charge in [-0.1, -0.05) is 46.3 Å². The number of hydrogen-bond donors (Lipinski definition) is 2. The molecule has 0 aliphatic carbocycles. The number of carbonyl (C=O) groups is 1. The van der Waals surface area contributed by atoms with Crippen molar-refractivity contribution in [1.82, 2.24) is 15.4 Å². The van der Waals surface area contributed by atoms with E-state index < -0.39 is 0 Å². The fraction of sp³-hybridized carbons (Fsp3) is 0. The van der Waals surface area contributed by atoms with Crippen molar-refractivity contribution in [3.8, 4) is 0 Å². The third-order valence-corrected chi connectivity index (χ3v) is 4.42. The Morgan fingerprint density at radius 3 is 2.72 bits per heavy atom. The van der Waals surface area contributed by atoms with Gasteiger partial charge in [-0.15, -0.1) is 0 Å². The van der Waals surface area contributed by atoms with Crippen LogP contribution < -0.4 is 5.43 Å². The number of carbonyl (C=O) groups excluding carboxylic acids is 1. The topological polar surface area (TPSA) is 70.1 Å². The van der Waals surface area contributed by atoms with Gasteiger partial charge < -0.3 is 4.98 Å². The summed E-state index contributed by atoms with van der Waals surface area (Å²) >= 11 is 3.38. The van der Waals surface area contributed by atoms with Crippen LogP contribution in [-0.2, 0) is 0 Å². The summed E-state index contributed by atoms with van der Waals surface area (Å²) in [6.07, 6.45) is 3.23. The van der Waals surface area contributed by atoms with Gasteiger partial charge in [-0.2, -0.15) is 5.10 Å². The van der Waals surface area contributed by atoms with Crippen molar-refractivity contribution in [2.75, 3.05) is 0 Å². The fourth-order valence-corrected chi connectivity index (χ4v) is 2.98. The van der Waals surface area contributed by atoms with Crippen LogP contribution in [0.2, 0.25) is 0 Å². The van der Waals surface area contributed by atoms with Crippen LogP contribution in [0, 0.1) is 0 Å². The minimum absolute atomic E-state index is 0.321. The number of H-pyrrole nitrogens is 1. The molecular formula is C19H13BrN4O. The van der Waals surface area contributed by atoms with Crippen LogP contribution in [0.4, 0.5) is 0 Å². The second-order valence-corrected chi connectivity index (χ2v) is 6.42. The highest BCUT2D eigenvalue weighted by molar-refractivity contribution is 9.10. The molecule has 2 aromatic carbocycles. The first-order valence-electron chi connectivity index (χ1n) is 7.67. The van der Waals surface area contributed by atoms with Gasteiger partial charge in [-0.05, 0) is 29.8 Å². The van der Waals surface area contributed by atoms with Crippen molar-refractivity contribution in [1.29, 1.82) is 0 Å². The Bertz CT molecular complexity index is 1100. The predicted molar refractivity (Wildman–Crippen MR) is 103 cm³/mol. The van der Waals surface area contributed by atoms with E-state index in [0.29, 0.717) is 11.2 Å². The number of amides is 1. The molecule has 0 saturated heterocycles. The normalized spacial score (nSPS) is 11.4. The highest BCUT2D eigenvalue weighted by atomic mass is 79.9. The monoisotopic (exact) mass is 392 g/mol. The Kier molecular flexibility index (Phi) is 4.03. The van der Waals surface area contributed by atoms with Crippen LogP contribution in [0.3, 0.4) is 0 Å². The first-order chi connectivity index (χ1) is 12.2. The number of aromatic nitrogens is 2. The van der Waals surface area contributed by atoms with Gasteiger partial charge in [0, 0.05) is 27.0 Å². The molecule has 0 spiro atoms. The number of halogens is 1. The largest absolute Gasteiger partial charge is 0.353 e. The molecule has 4 aromatic rings. The Balaban J connectivity index is 1.62. The zero-order valence-electron chi connectivity index (χ0n) is 13.0. The number of aromatic amines is 1. The highest BCUT2D eigenvalue weighted by Gasteiger charge is 2.14. The average molecular weight is 393 g/mol. The summed E-state index contributed by atoms with van der Waals surface area (Å²) in [5.74, 6) is -0.356. The lowest BCUT2D eigenvalue weighted by Crippen LogP contribution is -2.19. The molecule has 0 bridgehead atoms. The lowest BCUT2D eigenvalue weighted by molar-refractivity contribution is 0.0952. The van der Waals surface area contributed by atoms with Crippen molar-refractivity contribution >= 4 is 49.9 Å². The molecule has 25 heavy (non-hydrogen) atoms. The van der Waals surface area contributed by atoms with Gasteiger partial charge in [0.2, 0.25) is 0 Å². The van der Waals surface area contributed by atoms with Crippen molar-refractivity contribution < 1.29 is 4.79 Å². The second-order valence-electron chi connectivity index (χ2n) is 5.50. The number of fused-ring (bicyclic) bond motifs is 3. The van der Waals surface area contributed by atoms with E-state index in [1.807, 2.05) is 54.6 Å². The van der Waals surface area contributed by atoms with E-state index in [2.05, 4.69) is 36.4 Å². The molecule has 0 radical (unpaired) electrons. The Morgan fingerprint density at radius 2 is 1.88 bits per heavy atom. The van der Waals surface area contributed by atoms with Crippen LogP contribution >= 0.6 is 15.9 Å². The van der Waals surface area contributed by atoms with Crippen LogP contribution in [0.15, 0.2) is 70.4 Å². The standard InChI is InChI=1S/C19H13BrN4O/c20-13-7-5-12(6-8-13)11-22-24-19(25)18-17-15(9-10-21-18)14-3-1-2-4-16(14)23-17/h1-11,23H,(H,24,25). The number of pyridine rings is 1. The van der Waals surface area contributed by atoms with Crippen LogP contribution in [0.25, 0.3) is 21.8 Å². The zero-order chi connectivity index (χ0) is 17.2. The van der Waals surface area contributed by atoms with E-state index >= 15 is 0 Å². The molecule has 122 valence electrons. The number of nitrogens with zero attached hydrogens (tertiary/aromatic N) is 2. The molecule has 0 unspecified atom stereocenters. The first kappa shape index (κ1) is 15.5. The van der Waals surface area contributed by atoms with Crippen LogP contribution in [-0.4, -0.2) is 22.1 Å². The first-order valence-corrected chi connectivity index (χ1v) is 8.46. The van der Waals surface area contributed by atoms with Crippen molar-refractivity contribution in [2.24, 2.45) is 5.10 Å². The maximum Gasteiger partial charge on any atom is 0.292 e. The maximum absolute atomic E-state index is 12.5. The van der Waals surface area contributed by atoms with Crippen molar-refractivity contribution in [3.63, 3.8) is 0 Å². The average Bonchev–Trinajstić information content (AvgIpc) is 3.02. The number of rotatable bonds is 3. The number of nitrogens with one attached hydrogen (secondary N) is 2. The minimum Gasteiger partial charge on any atom is -0.353 e. The van der Waals surface area contributed by atoms with E-state index in [1.165, 1.54) is 0 Å². The number of hydrogen-bond acceptors (Lipinski definition) is 3. The third-order valence-electron chi connectivity index (χ3n) is 3.89. The number of para-hydroxylation sites is 1. The Morgan fingerprint density at radius 1 is 1.08 bits per heavy atom. The van der Waals surface area contributed by atoms with Gasteiger partial charge in [0.1, 0.15) is 0 Å². The number of hydrazone groups is 1. The van der Waals surface area contributed by atoms with E-state index in [4.69, 9.17) is 0 Å². The minimum atomic E-state index is -0.356.